The van der Waals surface area contributed by atoms with Gasteiger partial charge in [0, 0.05) is 28.9 Å². The highest BCUT2D eigenvalue weighted by atomic mass is 79.9. The molecule has 0 amide bonds. The highest BCUT2D eigenvalue weighted by Crippen LogP contribution is 2.34. The van der Waals surface area contributed by atoms with E-state index in [9.17, 15) is 8.78 Å². The first kappa shape index (κ1) is 18.9. The maximum absolute atomic E-state index is 13.9. The number of quaternary nitrogens is 1. The Morgan fingerprint density at radius 1 is 1.07 bits per heavy atom. The van der Waals surface area contributed by atoms with Gasteiger partial charge >= 0.3 is 0 Å². The number of nitrogens with one attached hydrogen (secondary N) is 1. The molecule has 0 unspecified atom stereocenters. The molecule has 3 N–H and O–H groups in total. The van der Waals surface area contributed by atoms with Crippen molar-refractivity contribution in [1.82, 2.24) is 4.98 Å². The van der Waals surface area contributed by atoms with Crippen LogP contribution in [0.2, 0.25) is 0 Å². The number of hydrogen-bond donors (Lipinski definition) is 2. The number of aromatic nitrogens is 1. The summed E-state index contributed by atoms with van der Waals surface area (Å²) in [6.07, 6.45) is 1.53. The van der Waals surface area contributed by atoms with Gasteiger partial charge < -0.3 is 9.47 Å². The standard InChI is InChI=1S/C18H13BrF2N4O2/c1-26-18-17(25-22)13(6-7-23-18)24-14-8-10(19)2-4-16(14)27-15-5-3-11(20)9-12(15)21/h2-9,22H,1H3,(H,23,24)/p+1. The molecule has 0 saturated heterocycles. The van der Waals surface area contributed by atoms with E-state index in [0.717, 1.165) is 16.6 Å². The second kappa shape index (κ2) is 8.19. The van der Waals surface area contributed by atoms with E-state index in [0.29, 0.717) is 17.1 Å². The molecule has 0 spiro atoms. The predicted molar refractivity (Wildman–Crippen MR) is 97.4 cm³/mol. The Morgan fingerprint density at radius 3 is 2.56 bits per heavy atom. The van der Waals surface area contributed by atoms with Crippen LogP contribution < -0.4 is 14.8 Å². The molecule has 1 heterocycles. The molecule has 0 saturated carbocycles. The van der Waals surface area contributed by atoms with Gasteiger partial charge in [0.2, 0.25) is 11.6 Å². The fourth-order valence-corrected chi connectivity index (χ4v) is 2.77. The van der Waals surface area contributed by atoms with Gasteiger partial charge in [0.05, 0.1) is 7.11 Å². The molecular weight excluding hydrogens is 422 g/mol. The molecule has 0 atom stereocenters. The molecule has 27 heavy (non-hydrogen) atoms. The van der Waals surface area contributed by atoms with Gasteiger partial charge in [-0.05, 0) is 24.3 Å². The number of rotatable bonds is 6. The van der Waals surface area contributed by atoms with Gasteiger partial charge in [0.1, 0.15) is 5.82 Å². The molecule has 0 aliphatic heterocycles. The number of pyridine rings is 1. The maximum Gasteiger partial charge on any atom is 0.247 e. The number of methoxy groups -OCH3 is 1. The van der Waals surface area contributed by atoms with Crippen molar-refractivity contribution in [3.63, 3.8) is 0 Å². The molecule has 9 heteroatoms. The zero-order valence-electron chi connectivity index (χ0n) is 14.0. The number of nitrogens with two attached hydrogens (primary N) is 1. The van der Waals surface area contributed by atoms with E-state index in [1.54, 1.807) is 29.6 Å². The highest BCUT2D eigenvalue weighted by molar-refractivity contribution is 9.10. The van der Waals surface area contributed by atoms with Crippen LogP contribution in [0, 0.1) is 17.2 Å². The fraction of sp³-hybridized carbons (Fsp3) is 0.0556. The summed E-state index contributed by atoms with van der Waals surface area (Å²) in [4.78, 5) is 4.02. The maximum atomic E-state index is 13.9. The predicted octanol–water partition coefficient (Wildman–Crippen LogP) is 5.11. The zero-order chi connectivity index (χ0) is 19.4. The summed E-state index contributed by atoms with van der Waals surface area (Å²) in [5, 5.41) is 5.18. The molecule has 1 aromatic heterocycles. The Morgan fingerprint density at radius 2 is 1.85 bits per heavy atom. The smallest absolute Gasteiger partial charge is 0.247 e. The molecule has 138 valence electrons. The van der Waals surface area contributed by atoms with Crippen LogP contribution in [-0.4, -0.2) is 12.1 Å². The van der Waals surface area contributed by atoms with E-state index >= 15 is 0 Å². The van der Waals surface area contributed by atoms with Gasteiger partial charge in [-0.25, -0.2) is 19.3 Å². The van der Waals surface area contributed by atoms with Crippen molar-refractivity contribution in [3.8, 4) is 17.4 Å². The van der Waals surface area contributed by atoms with Crippen LogP contribution >= 0.6 is 15.9 Å². The van der Waals surface area contributed by atoms with Crippen LogP contribution in [0.3, 0.4) is 0 Å². The molecular formula is C18H14BrF2N4O2+. The van der Waals surface area contributed by atoms with Crippen molar-refractivity contribution >= 4 is 33.0 Å². The van der Waals surface area contributed by atoms with Gasteiger partial charge in [0.25, 0.3) is 0 Å². The monoisotopic (exact) mass is 435 g/mol. The average molecular weight is 436 g/mol. The normalized spacial score (nSPS) is 10.5. The minimum absolute atomic E-state index is 0.105. The molecule has 3 aromatic rings. The van der Waals surface area contributed by atoms with Crippen molar-refractivity contribution in [1.29, 1.82) is 5.53 Å². The lowest BCUT2D eigenvalue weighted by Crippen LogP contribution is -2.71. The first-order valence-corrected chi connectivity index (χ1v) is 8.49. The van der Waals surface area contributed by atoms with E-state index < -0.39 is 11.6 Å². The van der Waals surface area contributed by atoms with Gasteiger partial charge in [-0.1, -0.05) is 15.9 Å². The number of benzene rings is 2. The SMILES string of the molecule is COc1nccc([NH2+]c2cc(Br)ccc2Oc2ccc(F)cc2F)c1N=N. The summed E-state index contributed by atoms with van der Waals surface area (Å²) in [6.45, 7) is 0. The van der Waals surface area contributed by atoms with Gasteiger partial charge in [-0.3, -0.25) is 5.32 Å². The molecule has 0 bridgehead atoms. The van der Waals surface area contributed by atoms with Gasteiger partial charge in [0.15, 0.2) is 28.7 Å². The summed E-state index contributed by atoms with van der Waals surface area (Å²) >= 11 is 3.39. The highest BCUT2D eigenvalue weighted by Gasteiger charge is 2.18. The molecule has 6 nitrogen and oxygen atoms in total. The lowest BCUT2D eigenvalue weighted by Gasteiger charge is -2.12. The Bertz CT molecular complexity index is 1000. The number of halogens is 3. The first-order valence-electron chi connectivity index (χ1n) is 7.69. The van der Waals surface area contributed by atoms with Crippen LogP contribution in [0.1, 0.15) is 0 Å². The Labute approximate surface area is 161 Å². The van der Waals surface area contributed by atoms with Gasteiger partial charge in [-0.2, -0.15) is 0 Å². The van der Waals surface area contributed by atoms with Crippen molar-refractivity contribution in [2.75, 3.05) is 7.11 Å². The van der Waals surface area contributed by atoms with Crippen LogP contribution in [0.5, 0.6) is 17.4 Å². The lowest BCUT2D eigenvalue weighted by molar-refractivity contribution is -0.478. The Kier molecular flexibility index (Phi) is 5.72. The van der Waals surface area contributed by atoms with Crippen molar-refractivity contribution in [3.05, 3.63) is 64.8 Å². The number of hydrogen-bond acceptors (Lipinski definition) is 5. The van der Waals surface area contributed by atoms with Gasteiger partial charge in [-0.15, -0.1) is 5.11 Å². The topological polar surface area (TPSA) is 84.2 Å². The van der Waals surface area contributed by atoms with E-state index in [2.05, 4.69) is 26.0 Å². The second-order valence-electron chi connectivity index (χ2n) is 5.37. The van der Waals surface area contributed by atoms with E-state index in [1.165, 1.54) is 19.4 Å². The molecule has 3 rings (SSSR count). The van der Waals surface area contributed by atoms with Crippen LogP contribution in [0.15, 0.2) is 58.2 Å². The summed E-state index contributed by atoms with van der Waals surface area (Å²) in [7, 11) is 1.44. The summed E-state index contributed by atoms with van der Waals surface area (Å²) in [5.74, 6) is -1.05. The lowest BCUT2D eigenvalue weighted by atomic mass is 10.2. The summed E-state index contributed by atoms with van der Waals surface area (Å²) in [6, 6.07) is 9.90. The Balaban J connectivity index is 1.99. The minimum Gasteiger partial charge on any atom is -0.479 e. The quantitative estimate of drug-likeness (QED) is 0.416. The molecule has 2 aromatic carbocycles. The number of ether oxygens (including phenoxy) is 2. The molecule has 0 aliphatic rings. The van der Waals surface area contributed by atoms with Crippen molar-refractivity contribution in [2.24, 2.45) is 5.11 Å². The van der Waals surface area contributed by atoms with Crippen LogP contribution in [0.4, 0.5) is 25.8 Å². The summed E-state index contributed by atoms with van der Waals surface area (Å²) < 4.78 is 38.6. The first-order chi connectivity index (χ1) is 13.0. The number of nitrogens with zero attached hydrogens (tertiary/aromatic N) is 2. The average Bonchev–Trinajstić information content (AvgIpc) is 2.65. The molecule has 0 radical (unpaired) electrons. The third-order valence-electron chi connectivity index (χ3n) is 3.62. The second-order valence-corrected chi connectivity index (χ2v) is 6.29. The van der Waals surface area contributed by atoms with E-state index in [-0.39, 0.29) is 17.3 Å². The van der Waals surface area contributed by atoms with E-state index in [4.69, 9.17) is 15.0 Å². The largest absolute Gasteiger partial charge is 0.479 e. The fourth-order valence-electron chi connectivity index (χ4n) is 2.40. The Hall–Kier alpha value is -2.91. The van der Waals surface area contributed by atoms with Crippen molar-refractivity contribution < 1.29 is 23.6 Å². The van der Waals surface area contributed by atoms with E-state index in [1.807, 2.05) is 0 Å². The third kappa shape index (κ3) is 4.26. The molecule has 0 aliphatic carbocycles. The van der Waals surface area contributed by atoms with Crippen LogP contribution in [0.25, 0.3) is 0 Å². The van der Waals surface area contributed by atoms with Crippen LogP contribution in [-0.2, 0) is 0 Å². The molecule has 0 fully saturated rings. The van der Waals surface area contributed by atoms with Crippen molar-refractivity contribution in [2.45, 2.75) is 0 Å². The zero-order valence-corrected chi connectivity index (χ0v) is 15.6. The summed E-state index contributed by atoms with van der Waals surface area (Å²) in [5.41, 5.74) is 8.78. The minimum atomic E-state index is -0.809. The third-order valence-corrected chi connectivity index (χ3v) is 4.12.